The number of hydrogen-bond donors (Lipinski definition) is 1. The summed E-state index contributed by atoms with van der Waals surface area (Å²) in [5.41, 5.74) is 2.62. The first-order valence-electron chi connectivity index (χ1n) is 8.14. The summed E-state index contributed by atoms with van der Waals surface area (Å²) >= 11 is 6.18. The zero-order valence-corrected chi connectivity index (χ0v) is 14.4. The lowest BCUT2D eigenvalue weighted by molar-refractivity contribution is -0.385. The van der Waals surface area contributed by atoms with E-state index >= 15 is 0 Å². The molecule has 128 valence electrons. The quantitative estimate of drug-likeness (QED) is 0.473. The molecule has 0 unspecified atom stereocenters. The molecule has 0 saturated heterocycles. The Hall–Kier alpha value is -2.53. The lowest BCUT2D eigenvalue weighted by atomic mass is 9.76. The number of fused-ring (bicyclic) bond motifs is 3. The Morgan fingerprint density at radius 2 is 2.16 bits per heavy atom. The molecule has 6 heteroatoms. The number of halogens is 1. The van der Waals surface area contributed by atoms with Gasteiger partial charge in [-0.1, -0.05) is 35.9 Å². The number of nitro benzene ring substituents is 1. The summed E-state index contributed by atoms with van der Waals surface area (Å²) in [7, 11) is 1.58. The summed E-state index contributed by atoms with van der Waals surface area (Å²) in [5, 5.41) is 15.7. The summed E-state index contributed by atoms with van der Waals surface area (Å²) in [4.78, 5) is 11.2. The highest BCUT2D eigenvalue weighted by molar-refractivity contribution is 6.30. The van der Waals surface area contributed by atoms with Gasteiger partial charge in [-0.3, -0.25) is 10.1 Å². The molecule has 1 heterocycles. The molecule has 5 nitrogen and oxygen atoms in total. The van der Waals surface area contributed by atoms with Gasteiger partial charge in [0, 0.05) is 17.0 Å². The van der Waals surface area contributed by atoms with Gasteiger partial charge in [-0.2, -0.15) is 0 Å². The van der Waals surface area contributed by atoms with Crippen LogP contribution in [0.4, 0.5) is 11.4 Å². The fraction of sp³-hybridized carbons (Fsp3) is 0.263. The van der Waals surface area contributed by atoms with Gasteiger partial charge in [0.2, 0.25) is 0 Å². The Labute approximate surface area is 150 Å². The number of nitrogens with zero attached hydrogens (tertiary/aromatic N) is 1. The number of anilines is 1. The smallest absolute Gasteiger partial charge is 0.275 e. The van der Waals surface area contributed by atoms with Crippen LogP contribution >= 0.6 is 11.6 Å². The largest absolute Gasteiger partial charge is 0.495 e. The van der Waals surface area contributed by atoms with Crippen LogP contribution in [0.15, 0.2) is 48.6 Å². The van der Waals surface area contributed by atoms with Crippen molar-refractivity contribution in [2.75, 3.05) is 12.4 Å². The molecule has 0 radical (unpaired) electrons. The van der Waals surface area contributed by atoms with E-state index in [1.165, 1.54) is 6.07 Å². The summed E-state index contributed by atoms with van der Waals surface area (Å²) < 4.78 is 5.47. The third kappa shape index (κ3) is 2.55. The second kappa shape index (κ2) is 6.08. The average Bonchev–Trinajstić information content (AvgIpc) is 3.09. The van der Waals surface area contributed by atoms with Crippen molar-refractivity contribution in [1.82, 2.24) is 0 Å². The Morgan fingerprint density at radius 3 is 2.88 bits per heavy atom. The van der Waals surface area contributed by atoms with Crippen molar-refractivity contribution in [3.8, 4) is 5.75 Å². The lowest BCUT2D eigenvalue weighted by Gasteiger charge is -2.37. The molecule has 0 fully saturated rings. The van der Waals surface area contributed by atoms with Crippen molar-refractivity contribution in [2.45, 2.75) is 18.4 Å². The lowest BCUT2D eigenvalue weighted by Crippen LogP contribution is -2.30. The molecule has 4 rings (SSSR count). The maximum Gasteiger partial charge on any atom is 0.275 e. The van der Waals surface area contributed by atoms with Crippen LogP contribution in [0, 0.1) is 16.0 Å². The molecule has 3 atom stereocenters. The number of nitro groups is 1. The molecule has 0 saturated carbocycles. The van der Waals surface area contributed by atoms with Crippen molar-refractivity contribution < 1.29 is 9.66 Å². The zero-order valence-electron chi connectivity index (χ0n) is 13.6. The van der Waals surface area contributed by atoms with E-state index in [0.29, 0.717) is 22.0 Å². The Kier molecular flexibility index (Phi) is 3.88. The number of nitrogens with one attached hydrogen (secondary N) is 1. The summed E-state index contributed by atoms with van der Waals surface area (Å²) in [6.07, 6.45) is 5.05. The van der Waals surface area contributed by atoms with Crippen LogP contribution in [0.1, 0.15) is 29.5 Å². The average molecular weight is 357 g/mol. The normalized spacial score (nSPS) is 23.5. The van der Waals surface area contributed by atoms with Gasteiger partial charge >= 0.3 is 0 Å². The van der Waals surface area contributed by atoms with E-state index in [9.17, 15) is 10.1 Å². The van der Waals surface area contributed by atoms with E-state index in [2.05, 4.69) is 17.5 Å². The molecule has 0 bridgehead atoms. The highest BCUT2D eigenvalue weighted by Crippen LogP contribution is 2.54. The molecule has 0 spiro atoms. The minimum atomic E-state index is -0.317. The maximum absolute atomic E-state index is 11.6. The highest BCUT2D eigenvalue weighted by atomic mass is 35.5. The van der Waals surface area contributed by atoms with Crippen molar-refractivity contribution in [2.24, 2.45) is 5.92 Å². The second-order valence-corrected chi connectivity index (χ2v) is 6.80. The maximum atomic E-state index is 11.6. The van der Waals surface area contributed by atoms with E-state index < -0.39 is 0 Å². The monoisotopic (exact) mass is 356 g/mol. The predicted molar refractivity (Wildman–Crippen MR) is 97.5 cm³/mol. The number of rotatable bonds is 3. The molecular weight excluding hydrogens is 340 g/mol. The SMILES string of the molecule is COc1ccc([N+](=O)[O-])c2c1N[C@H](c1cccc(Cl)c1)[C@@H]1CC=C[C@H]21. The molecule has 0 amide bonds. The van der Waals surface area contributed by atoms with Crippen molar-refractivity contribution in [3.05, 3.63) is 74.8 Å². The van der Waals surface area contributed by atoms with Crippen LogP contribution in [0.2, 0.25) is 5.02 Å². The van der Waals surface area contributed by atoms with E-state index in [1.807, 2.05) is 24.3 Å². The first kappa shape index (κ1) is 16.0. The molecule has 2 aromatic rings. The number of allylic oxidation sites excluding steroid dienone is 2. The highest BCUT2D eigenvalue weighted by Gasteiger charge is 2.42. The van der Waals surface area contributed by atoms with Crippen LogP contribution < -0.4 is 10.1 Å². The standard InChI is InChI=1S/C19H17ClN2O3/c1-25-16-9-8-15(22(23)24)17-13-6-3-7-14(13)18(21-19(16)17)11-4-2-5-12(20)10-11/h2-6,8-10,13-14,18,21H,7H2,1H3/t13-,14+,18+/m0/s1. The van der Waals surface area contributed by atoms with Gasteiger partial charge in [0.05, 0.1) is 29.3 Å². The van der Waals surface area contributed by atoms with Crippen LogP contribution in [0.3, 0.4) is 0 Å². The van der Waals surface area contributed by atoms with Crippen LogP contribution in [-0.2, 0) is 0 Å². The van der Waals surface area contributed by atoms with Crippen molar-refractivity contribution >= 4 is 23.0 Å². The van der Waals surface area contributed by atoms with Gasteiger partial charge in [-0.05, 0) is 36.1 Å². The number of methoxy groups -OCH3 is 1. The molecular formula is C19H17ClN2O3. The summed E-state index contributed by atoms with van der Waals surface area (Å²) in [5.74, 6) is 0.805. The number of ether oxygens (including phenoxy) is 1. The molecule has 2 aromatic carbocycles. The van der Waals surface area contributed by atoms with Crippen molar-refractivity contribution in [1.29, 1.82) is 0 Å². The first-order valence-corrected chi connectivity index (χ1v) is 8.52. The van der Waals surface area contributed by atoms with Gasteiger partial charge < -0.3 is 10.1 Å². The fourth-order valence-corrected chi connectivity index (χ4v) is 4.22. The first-order chi connectivity index (χ1) is 12.1. The Bertz CT molecular complexity index is 881. The Morgan fingerprint density at radius 1 is 1.32 bits per heavy atom. The van der Waals surface area contributed by atoms with E-state index in [4.69, 9.17) is 16.3 Å². The van der Waals surface area contributed by atoms with Crippen LogP contribution in [-0.4, -0.2) is 12.0 Å². The van der Waals surface area contributed by atoms with Crippen LogP contribution in [0.5, 0.6) is 5.75 Å². The van der Waals surface area contributed by atoms with Gasteiger partial charge in [0.25, 0.3) is 5.69 Å². The molecule has 2 aliphatic rings. The minimum absolute atomic E-state index is 0.0158. The van der Waals surface area contributed by atoms with E-state index in [0.717, 1.165) is 12.0 Å². The molecule has 25 heavy (non-hydrogen) atoms. The van der Waals surface area contributed by atoms with Crippen molar-refractivity contribution in [3.63, 3.8) is 0 Å². The van der Waals surface area contributed by atoms with E-state index in [-0.39, 0.29) is 28.5 Å². The number of hydrogen-bond acceptors (Lipinski definition) is 4. The zero-order chi connectivity index (χ0) is 17.6. The van der Waals surface area contributed by atoms with E-state index in [1.54, 1.807) is 13.2 Å². The summed E-state index contributed by atoms with van der Waals surface area (Å²) in [6, 6.07) is 11.0. The third-order valence-corrected chi connectivity index (χ3v) is 5.32. The van der Waals surface area contributed by atoms with Crippen LogP contribution in [0.25, 0.3) is 0 Å². The molecule has 1 aliphatic heterocycles. The summed E-state index contributed by atoms with van der Waals surface area (Å²) in [6.45, 7) is 0. The predicted octanol–water partition coefficient (Wildman–Crippen LogP) is 5.08. The van der Waals surface area contributed by atoms with Gasteiger partial charge in [-0.15, -0.1) is 0 Å². The Balaban J connectivity index is 1.89. The van der Waals surface area contributed by atoms with Gasteiger partial charge in [0.1, 0.15) is 5.75 Å². The van der Waals surface area contributed by atoms with Gasteiger partial charge in [-0.25, -0.2) is 0 Å². The topological polar surface area (TPSA) is 64.4 Å². The fourth-order valence-electron chi connectivity index (χ4n) is 4.02. The second-order valence-electron chi connectivity index (χ2n) is 6.36. The number of benzene rings is 2. The minimum Gasteiger partial charge on any atom is -0.495 e. The molecule has 0 aromatic heterocycles. The molecule has 1 N–H and O–H groups in total. The molecule has 1 aliphatic carbocycles. The third-order valence-electron chi connectivity index (χ3n) is 5.08. The van der Waals surface area contributed by atoms with Gasteiger partial charge in [0.15, 0.2) is 0 Å².